The van der Waals surface area contributed by atoms with Crippen LogP contribution in [0.5, 0.6) is 5.88 Å². The highest BCUT2D eigenvalue weighted by Gasteiger charge is 2.22. The molecule has 6 nitrogen and oxygen atoms in total. The Labute approximate surface area is 129 Å². The summed E-state index contributed by atoms with van der Waals surface area (Å²) in [4.78, 5) is 19.4. The Morgan fingerprint density at radius 2 is 2.00 bits per heavy atom. The second-order valence-electron chi connectivity index (χ2n) is 5.20. The van der Waals surface area contributed by atoms with Crippen LogP contribution in [-0.2, 0) is 11.4 Å². The van der Waals surface area contributed by atoms with Crippen LogP contribution in [-0.4, -0.2) is 27.1 Å². The second kappa shape index (κ2) is 7.40. The zero-order valence-corrected chi connectivity index (χ0v) is 12.6. The summed E-state index contributed by atoms with van der Waals surface area (Å²) in [6.45, 7) is 4.03. The van der Waals surface area contributed by atoms with Gasteiger partial charge in [0.2, 0.25) is 11.8 Å². The molecule has 0 amide bonds. The maximum Gasteiger partial charge on any atom is 0.326 e. The Hall–Kier alpha value is -2.63. The number of carboxylic acids is 1. The fourth-order valence-electron chi connectivity index (χ4n) is 1.88. The smallest absolute Gasteiger partial charge is 0.326 e. The average molecular weight is 301 g/mol. The van der Waals surface area contributed by atoms with Gasteiger partial charge < -0.3 is 15.2 Å². The van der Waals surface area contributed by atoms with Crippen LogP contribution in [0.2, 0.25) is 0 Å². The van der Waals surface area contributed by atoms with E-state index in [1.807, 2.05) is 44.2 Å². The van der Waals surface area contributed by atoms with Gasteiger partial charge in [-0.3, -0.25) is 0 Å². The Morgan fingerprint density at radius 3 is 2.64 bits per heavy atom. The molecule has 116 valence electrons. The molecule has 0 fully saturated rings. The molecule has 0 aliphatic heterocycles. The molecule has 1 aromatic carbocycles. The first kappa shape index (κ1) is 15.8. The molecule has 0 aliphatic carbocycles. The molecule has 2 aromatic rings. The quantitative estimate of drug-likeness (QED) is 0.817. The number of carboxylic acid groups (broad SMARTS) is 1. The number of nitrogens with one attached hydrogen (secondary N) is 1. The van der Waals surface area contributed by atoms with E-state index >= 15 is 0 Å². The lowest BCUT2D eigenvalue weighted by Gasteiger charge is -2.17. The molecule has 22 heavy (non-hydrogen) atoms. The van der Waals surface area contributed by atoms with Gasteiger partial charge in [-0.1, -0.05) is 44.2 Å². The minimum absolute atomic E-state index is 0.0880. The van der Waals surface area contributed by atoms with Gasteiger partial charge in [-0.15, -0.1) is 0 Å². The van der Waals surface area contributed by atoms with Gasteiger partial charge >= 0.3 is 5.97 Å². The molecule has 1 aromatic heterocycles. The molecular formula is C16H19N3O3. The number of benzene rings is 1. The monoisotopic (exact) mass is 301 g/mol. The normalized spacial score (nSPS) is 12.0. The van der Waals surface area contributed by atoms with Gasteiger partial charge in [0, 0.05) is 12.3 Å². The highest BCUT2D eigenvalue weighted by Crippen LogP contribution is 2.14. The lowest BCUT2D eigenvalue weighted by Crippen LogP contribution is -2.34. The third-order valence-electron chi connectivity index (χ3n) is 3.08. The van der Waals surface area contributed by atoms with E-state index in [-0.39, 0.29) is 11.9 Å². The molecule has 6 heteroatoms. The van der Waals surface area contributed by atoms with Crippen LogP contribution in [0.25, 0.3) is 0 Å². The molecule has 0 radical (unpaired) electrons. The zero-order chi connectivity index (χ0) is 15.9. The lowest BCUT2D eigenvalue weighted by atomic mass is 10.1. The summed E-state index contributed by atoms with van der Waals surface area (Å²) in [5.41, 5.74) is 1.03. The first-order chi connectivity index (χ1) is 10.6. The first-order valence-corrected chi connectivity index (χ1v) is 7.05. The number of hydrogen-bond acceptors (Lipinski definition) is 5. The van der Waals surface area contributed by atoms with Crippen molar-refractivity contribution in [3.63, 3.8) is 0 Å². The third-order valence-corrected chi connectivity index (χ3v) is 3.08. The minimum Gasteiger partial charge on any atom is -0.480 e. The number of nitrogens with zero attached hydrogens (tertiary/aromatic N) is 2. The summed E-state index contributed by atoms with van der Waals surface area (Å²) in [5, 5.41) is 12.0. The van der Waals surface area contributed by atoms with Gasteiger partial charge in [0.05, 0.1) is 0 Å². The van der Waals surface area contributed by atoms with E-state index in [1.54, 1.807) is 6.07 Å². The van der Waals surface area contributed by atoms with Crippen molar-refractivity contribution < 1.29 is 14.6 Å². The largest absolute Gasteiger partial charge is 0.480 e. The molecular weight excluding hydrogens is 282 g/mol. The number of ether oxygens (including phenoxy) is 1. The van der Waals surface area contributed by atoms with Gasteiger partial charge in [-0.05, 0) is 11.5 Å². The topological polar surface area (TPSA) is 84.3 Å². The van der Waals surface area contributed by atoms with Crippen LogP contribution in [0.4, 0.5) is 5.95 Å². The van der Waals surface area contributed by atoms with Crippen molar-refractivity contribution in [3.8, 4) is 5.88 Å². The van der Waals surface area contributed by atoms with E-state index in [9.17, 15) is 9.90 Å². The molecule has 0 unspecified atom stereocenters. The zero-order valence-electron chi connectivity index (χ0n) is 12.6. The van der Waals surface area contributed by atoms with Crippen molar-refractivity contribution in [2.75, 3.05) is 5.32 Å². The number of aromatic nitrogens is 2. The Bertz CT molecular complexity index is 617. The van der Waals surface area contributed by atoms with Crippen LogP contribution in [0.3, 0.4) is 0 Å². The number of anilines is 1. The SMILES string of the molecule is CC(C)[C@H](Nc1nccc(OCc2ccccc2)n1)C(=O)O. The summed E-state index contributed by atoms with van der Waals surface area (Å²) in [6, 6.07) is 10.6. The van der Waals surface area contributed by atoms with Gasteiger partial charge in [-0.25, -0.2) is 9.78 Å². The maximum atomic E-state index is 11.2. The van der Waals surface area contributed by atoms with E-state index in [1.165, 1.54) is 6.20 Å². The standard InChI is InChI=1S/C16H19N3O3/c1-11(2)14(15(20)21)19-16-17-9-8-13(18-16)22-10-12-6-4-3-5-7-12/h3-9,11,14H,10H2,1-2H3,(H,20,21)(H,17,18,19)/t14-/m0/s1. The molecule has 1 heterocycles. The van der Waals surface area contributed by atoms with Gasteiger partial charge in [-0.2, -0.15) is 4.98 Å². The average Bonchev–Trinajstić information content (AvgIpc) is 2.51. The molecule has 0 aliphatic rings. The minimum atomic E-state index is -0.936. The van der Waals surface area contributed by atoms with E-state index in [0.717, 1.165) is 5.56 Å². The van der Waals surface area contributed by atoms with Crippen molar-refractivity contribution in [1.29, 1.82) is 0 Å². The van der Waals surface area contributed by atoms with Crippen LogP contribution in [0.15, 0.2) is 42.6 Å². The predicted molar refractivity (Wildman–Crippen MR) is 82.7 cm³/mol. The molecule has 0 saturated carbocycles. The van der Waals surface area contributed by atoms with E-state index in [2.05, 4.69) is 15.3 Å². The fourth-order valence-corrected chi connectivity index (χ4v) is 1.88. The van der Waals surface area contributed by atoms with Crippen LogP contribution < -0.4 is 10.1 Å². The molecule has 2 N–H and O–H groups in total. The van der Waals surface area contributed by atoms with Crippen molar-refractivity contribution in [2.24, 2.45) is 5.92 Å². The van der Waals surface area contributed by atoms with E-state index in [4.69, 9.17) is 4.74 Å². The third kappa shape index (κ3) is 4.44. The first-order valence-electron chi connectivity index (χ1n) is 7.05. The van der Waals surface area contributed by atoms with Gasteiger partial charge in [0.1, 0.15) is 12.6 Å². The number of aliphatic carboxylic acids is 1. The molecule has 2 rings (SSSR count). The predicted octanol–water partition coefficient (Wildman–Crippen LogP) is 2.58. The summed E-state index contributed by atoms with van der Waals surface area (Å²) < 4.78 is 5.60. The molecule has 0 spiro atoms. The van der Waals surface area contributed by atoms with Crippen molar-refractivity contribution in [3.05, 3.63) is 48.2 Å². The summed E-state index contributed by atoms with van der Waals surface area (Å²) >= 11 is 0. The Morgan fingerprint density at radius 1 is 1.27 bits per heavy atom. The summed E-state index contributed by atoms with van der Waals surface area (Å²) in [6.07, 6.45) is 1.54. The van der Waals surface area contributed by atoms with Crippen LogP contribution in [0.1, 0.15) is 19.4 Å². The number of rotatable bonds is 7. The maximum absolute atomic E-state index is 11.2. The van der Waals surface area contributed by atoms with Crippen molar-refractivity contribution in [2.45, 2.75) is 26.5 Å². The number of carbonyl (C=O) groups is 1. The molecule has 0 saturated heterocycles. The lowest BCUT2D eigenvalue weighted by molar-refractivity contribution is -0.138. The highest BCUT2D eigenvalue weighted by molar-refractivity contribution is 5.76. The van der Waals surface area contributed by atoms with Gasteiger partial charge in [0.25, 0.3) is 0 Å². The summed E-state index contributed by atoms with van der Waals surface area (Å²) in [7, 11) is 0. The van der Waals surface area contributed by atoms with E-state index in [0.29, 0.717) is 12.5 Å². The molecule has 1 atom stereocenters. The summed E-state index contributed by atoms with van der Waals surface area (Å²) in [5.74, 6) is -0.384. The second-order valence-corrected chi connectivity index (χ2v) is 5.20. The van der Waals surface area contributed by atoms with Crippen LogP contribution in [0, 0.1) is 5.92 Å². The van der Waals surface area contributed by atoms with E-state index < -0.39 is 12.0 Å². The van der Waals surface area contributed by atoms with Crippen molar-refractivity contribution >= 4 is 11.9 Å². The fraction of sp³-hybridized carbons (Fsp3) is 0.312. The highest BCUT2D eigenvalue weighted by atomic mass is 16.5. The Balaban J connectivity index is 2.02. The van der Waals surface area contributed by atoms with Crippen molar-refractivity contribution in [1.82, 2.24) is 9.97 Å². The van der Waals surface area contributed by atoms with Crippen LogP contribution >= 0.6 is 0 Å². The number of hydrogen-bond donors (Lipinski definition) is 2. The van der Waals surface area contributed by atoms with Gasteiger partial charge in [0.15, 0.2) is 0 Å². The Kier molecular flexibility index (Phi) is 5.30. The molecule has 0 bridgehead atoms.